The van der Waals surface area contributed by atoms with Gasteiger partial charge in [-0.05, 0) is 27.9 Å². The van der Waals surface area contributed by atoms with E-state index in [0.29, 0.717) is 0 Å². The Hall–Kier alpha value is -1.70. The molecule has 1 aromatic carbocycles. The molecule has 0 saturated heterocycles. The molecule has 20 heavy (non-hydrogen) atoms. The fourth-order valence-electron chi connectivity index (χ4n) is 1.43. The van der Waals surface area contributed by atoms with Crippen LogP contribution in [0.25, 0.3) is 0 Å². The minimum absolute atomic E-state index is 0.0773. The average Bonchev–Trinajstić information content (AvgIpc) is 2.32. The second-order valence-corrected chi connectivity index (χ2v) is 5.26. The molecule has 3 N–H and O–H groups in total. The number of carboxylic acid groups (broad SMARTS) is 1. The summed E-state index contributed by atoms with van der Waals surface area (Å²) in [7, 11) is 0. The number of carbonyl (C=O) groups is 2. The van der Waals surface area contributed by atoms with Gasteiger partial charge in [0.15, 0.2) is 0 Å². The number of aliphatic carboxylic acids is 1. The van der Waals surface area contributed by atoms with Crippen molar-refractivity contribution < 1.29 is 23.5 Å². The summed E-state index contributed by atoms with van der Waals surface area (Å²) >= 11 is 2.80. The van der Waals surface area contributed by atoms with Crippen LogP contribution in [-0.2, 0) is 4.79 Å². The van der Waals surface area contributed by atoms with E-state index in [1.807, 2.05) is 0 Å². The highest BCUT2D eigenvalue weighted by molar-refractivity contribution is 9.10. The van der Waals surface area contributed by atoms with E-state index in [0.717, 1.165) is 12.1 Å². The van der Waals surface area contributed by atoms with Crippen LogP contribution in [0.15, 0.2) is 16.6 Å². The molecule has 0 fully saturated rings. The molecule has 0 aliphatic rings. The first-order valence-corrected chi connectivity index (χ1v) is 6.46. The Morgan fingerprint density at radius 1 is 1.25 bits per heavy atom. The lowest BCUT2D eigenvalue weighted by Crippen LogP contribution is -2.46. The Bertz CT molecular complexity index is 538. The van der Waals surface area contributed by atoms with E-state index in [1.54, 1.807) is 13.8 Å². The highest BCUT2D eigenvalue weighted by Gasteiger charge is 2.23. The van der Waals surface area contributed by atoms with Crippen molar-refractivity contribution in [3.05, 3.63) is 28.2 Å². The van der Waals surface area contributed by atoms with Crippen LogP contribution in [0.4, 0.5) is 19.3 Å². The second-order valence-electron chi connectivity index (χ2n) is 4.40. The summed E-state index contributed by atoms with van der Waals surface area (Å²) in [4.78, 5) is 22.5. The van der Waals surface area contributed by atoms with Crippen LogP contribution in [-0.4, -0.2) is 23.1 Å². The maximum absolute atomic E-state index is 13.5. The Morgan fingerprint density at radius 3 is 2.35 bits per heavy atom. The number of nitrogens with one attached hydrogen (secondary N) is 2. The van der Waals surface area contributed by atoms with Gasteiger partial charge in [-0.1, -0.05) is 13.8 Å². The van der Waals surface area contributed by atoms with Crippen molar-refractivity contribution in [1.29, 1.82) is 0 Å². The number of urea groups is 1. The number of carboxylic acids is 1. The smallest absolute Gasteiger partial charge is 0.326 e. The third-order valence-corrected chi connectivity index (χ3v) is 3.09. The SMILES string of the molecule is CC(C)[C@@H](NC(=O)Nc1cc(F)c(Br)cc1F)C(=O)O. The van der Waals surface area contributed by atoms with E-state index in [2.05, 4.69) is 26.6 Å². The van der Waals surface area contributed by atoms with Gasteiger partial charge >= 0.3 is 12.0 Å². The summed E-state index contributed by atoms with van der Waals surface area (Å²) in [5, 5.41) is 13.2. The molecule has 0 aliphatic heterocycles. The van der Waals surface area contributed by atoms with E-state index in [1.165, 1.54) is 0 Å². The van der Waals surface area contributed by atoms with Crippen LogP contribution in [0.2, 0.25) is 0 Å². The van der Waals surface area contributed by atoms with E-state index in [-0.39, 0.29) is 16.1 Å². The van der Waals surface area contributed by atoms with Crippen LogP contribution in [0.5, 0.6) is 0 Å². The van der Waals surface area contributed by atoms with Crippen LogP contribution in [0.3, 0.4) is 0 Å². The van der Waals surface area contributed by atoms with E-state index in [4.69, 9.17) is 5.11 Å². The fraction of sp³-hybridized carbons (Fsp3) is 0.333. The maximum atomic E-state index is 13.5. The second kappa shape index (κ2) is 6.65. The van der Waals surface area contributed by atoms with E-state index in [9.17, 15) is 18.4 Å². The lowest BCUT2D eigenvalue weighted by Gasteiger charge is -2.18. The minimum atomic E-state index is -1.21. The molecule has 1 aromatic rings. The van der Waals surface area contributed by atoms with Gasteiger partial charge in [-0.2, -0.15) is 0 Å². The van der Waals surface area contributed by atoms with Gasteiger partial charge in [0.1, 0.15) is 17.7 Å². The maximum Gasteiger partial charge on any atom is 0.326 e. The van der Waals surface area contributed by atoms with Crippen LogP contribution < -0.4 is 10.6 Å². The molecule has 0 radical (unpaired) electrons. The van der Waals surface area contributed by atoms with Gasteiger partial charge in [0.05, 0.1) is 10.2 Å². The molecule has 0 bridgehead atoms. The zero-order valence-electron chi connectivity index (χ0n) is 10.7. The molecular formula is C12H13BrF2N2O3. The first-order chi connectivity index (χ1) is 9.22. The number of amides is 2. The Labute approximate surface area is 122 Å². The third kappa shape index (κ3) is 4.16. The van der Waals surface area contributed by atoms with Crippen molar-refractivity contribution in [2.45, 2.75) is 19.9 Å². The average molecular weight is 351 g/mol. The first kappa shape index (κ1) is 16.4. The van der Waals surface area contributed by atoms with E-state index < -0.39 is 29.7 Å². The third-order valence-electron chi connectivity index (χ3n) is 2.48. The number of rotatable bonds is 4. The molecule has 5 nitrogen and oxygen atoms in total. The number of benzene rings is 1. The van der Waals surface area contributed by atoms with Gasteiger partial charge in [0, 0.05) is 6.07 Å². The predicted octanol–water partition coefficient (Wildman–Crippen LogP) is 2.96. The molecular weight excluding hydrogens is 338 g/mol. The Kier molecular flexibility index (Phi) is 5.43. The number of halogens is 3. The molecule has 110 valence electrons. The highest BCUT2D eigenvalue weighted by Crippen LogP contribution is 2.23. The van der Waals surface area contributed by atoms with Gasteiger partial charge in [-0.3, -0.25) is 0 Å². The fourth-order valence-corrected chi connectivity index (χ4v) is 1.75. The number of carbonyl (C=O) groups excluding carboxylic acids is 1. The molecule has 0 spiro atoms. The summed E-state index contributed by atoms with van der Waals surface area (Å²) in [6.45, 7) is 3.22. The molecule has 2 amide bonds. The molecule has 8 heteroatoms. The Morgan fingerprint density at radius 2 is 1.85 bits per heavy atom. The lowest BCUT2D eigenvalue weighted by molar-refractivity contribution is -0.140. The number of hydrogen-bond acceptors (Lipinski definition) is 2. The summed E-state index contributed by atoms with van der Waals surface area (Å²) in [6.07, 6.45) is 0. The normalized spacial score (nSPS) is 12.1. The molecule has 0 saturated carbocycles. The monoisotopic (exact) mass is 350 g/mol. The minimum Gasteiger partial charge on any atom is -0.480 e. The molecule has 0 unspecified atom stereocenters. The van der Waals surface area contributed by atoms with Crippen molar-refractivity contribution in [3.63, 3.8) is 0 Å². The van der Waals surface area contributed by atoms with Gasteiger partial charge in [-0.15, -0.1) is 0 Å². The van der Waals surface area contributed by atoms with Crippen molar-refractivity contribution in [2.75, 3.05) is 5.32 Å². The first-order valence-electron chi connectivity index (χ1n) is 5.67. The zero-order chi connectivity index (χ0) is 15.4. The van der Waals surface area contributed by atoms with Crippen LogP contribution >= 0.6 is 15.9 Å². The van der Waals surface area contributed by atoms with Gasteiger partial charge in [0.2, 0.25) is 0 Å². The predicted molar refractivity (Wildman–Crippen MR) is 72.5 cm³/mol. The topological polar surface area (TPSA) is 78.4 Å². The largest absolute Gasteiger partial charge is 0.480 e. The molecule has 1 rings (SSSR count). The van der Waals surface area contributed by atoms with Crippen LogP contribution in [0, 0.1) is 17.6 Å². The van der Waals surface area contributed by atoms with E-state index >= 15 is 0 Å². The van der Waals surface area contributed by atoms with Crippen LogP contribution in [0.1, 0.15) is 13.8 Å². The lowest BCUT2D eigenvalue weighted by atomic mass is 10.1. The number of hydrogen-bond donors (Lipinski definition) is 3. The van der Waals surface area contributed by atoms with Crippen molar-refractivity contribution in [1.82, 2.24) is 5.32 Å². The molecule has 0 aromatic heterocycles. The summed E-state index contributed by atoms with van der Waals surface area (Å²) < 4.78 is 26.7. The Balaban J connectivity index is 2.81. The van der Waals surface area contributed by atoms with Crippen molar-refractivity contribution >= 4 is 33.6 Å². The molecule has 0 aliphatic carbocycles. The molecule has 1 atom stereocenters. The van der Waals surface area contributed by atoms with Crippen molar-refractivity contribution in [3.8, 4) is 0 Å². The quantitative estimate of drug-likeness (QED) is 0.730. The zero-order valence-corrected chi connectivity index (χ0v) is 12.3. The summed E-state index contributed by atoms with van der Waals surface area (Å²) in [6, 6.07) is -0.392. The van der Waals surface area contributed by atoms with Crippen molar-refractivity contribution in [2.24, 2.45) is 5.92 Å². The standard InChI is InChI=1S/C12H13BrF2N2O3/c1-5(2)10(11(18)19)17-12(20)16-9-4-7(14)6(13)3-8(9)15/h3-5,10H,1-2H3,(H,18,19)(H2,16,17,20)/t10-/m1/s1. The van der Waals surface area contributed by atoms with Gasteiger partial charge in [-0.25, -0.2) is 18.4 Å². The summed E-state index contributed by atoms with van der Waals surface area (Å²) in [5.74, 6) is -3.16. The number of anilines is 1. The summed E-state index contributed by atoms with van der Waals surface area (Å²) in [5.41, 5.74) is -0.379. The van der Waals surface area contributed by atoms with Gasteiger partial charge in [0.25, 0.3) is 0 Å². The van der Waals surface area contributed by atoms with Gasteiger partial charge < -0.3 is 15.7 Å². The molecule has 0 heterocycles. The highest BCUT2D eigenvalue weighted by atomic mass is 79.9.